The predicted molar refractivity (Wildman–Crippen MR) is 88.5 cm³/mol. The molecule has 2 aliphatic heterocycles. The molecule has 8 nitrogen and oxygen atoms in total. The van der Waals surface area contributed by atoms with Crippen LogP contribution in [0.15, 0.2) is 12.1 Å². The van der Waals surface area contributed by atoms with Crippen LogP contribution in [-0.2, 0) is 4.79 Å². The molecule has 2 fully saturated rings. The topological polar surface area (TPSA) is 79.5 Å². The maximum absolute atomic E-state index is 12.7. The maximum Gasteiger partial charge on any atom is 0.225 e. The van der Waals surface area contributed by atoms with Gasteiger partial charge in [0.15, 0.2) is 11.5 Å². The molecule has 4 heterocycles. The number of hydrogen-bond donors (Lipinski definition) is 0. The molecule has 2 aliphatic rings. The Labute approximate surface area is 140 Å². The van der Waals surface area contributed by atoms with Gasteiger partial charge in [-0.3, -0.25) is 4.79 Å². The minimum absolute atomic E-state index is 0.156. The molecule has 24 heavy (non-hydrogen) atoms. The monoisotopic (exact) mass is 329 g/mol. The second-order valence-electron chi connectivity index (χ2n) is 7.01. The third-order valence-corrected chi connectivity index (χ3v) is 5.19. The fourth-order valence-electron chi connectivity index (χ4n) is 3.81. The molecule has 2 aromatic heterocycles. The highest BCUT2D eigenvalue weighted by atomic mass is 16.2. The van der Waals surface area contributed by atoms with Gasteiger partial charge in [0.1, 0.15) is 0 Å². The lowest BCUT2D eigenvalue weighted by Gasteiger charge is -2.37. The van der Waals surface area contributed by atoms with E-state index in [1.807, 2.05) is 12.1 Å². The molecule has 1 amide bonds. The van der Waals surface area contributed by atoms with Crippen molar-refractivity contribution in [1.82, 2.24) is 30.2 Å². The highest BCUT2D eigenvalue weighted by molar-refractivity contribution is 5.79. The second kappa shape index (κ2) is 6.33. The van der Waals surface area contributed by atoms with Gasteiger partial charge in [0.2, 0.25) is 5.91 Å². The summed E-state index contributed by atoms with van der Waals surface area (Å²) in [6.07, 6.45) is 4.16. The van der Waals surface area contributed by atoms with E-state index in [2.05, 4.69) is 37.3 Å². The Morgan fingerprint density at radius 3 is 2.79 bits per heavy atom. The van der Waals surface area contributed by atoms with Gasteiger partial charge < -0.3 is 9.80 Å². The van der Waals surface area contributed by atoms with E-state index < -0.39 is 0 Å². The fourth-order valence-corrected chi connectivity index (χ4v) is 3.81. The number of tetrazole rings is 1. The Bertz CT molecular complexity index is 722. The Hall–Kier alpha value is -2.25. The molecule has 0 saturated carbocycles. The van der Waals surface area contributed by atoms with E-state index in [4.69, 9.17) is 0 Å². The molecule has 0 spiro atoms. The van der Waals surface area contributed by atoms with Crippen LogP contribution in [0, 0.1) is 11.8 Å². The summed E-state index contributed by atoms with van der Waals surface area (Å²) in [6.45, 7) is 5.79. The number of rotatable bonds is 2. The Balaban J connectivity index is 1.38. The first-order chi connectivity index (χ1) is 11.7. The lowest BCUT2D eigenvalue weighted by Crippen LogP contribution is -2.46. The van der Waals surface area contributed by atoms with Gasteiger partial charge in [0.05, 0.1) is 0 Å². The zero-order valence-electron chi connectivity index (χ0n) is 14.0. The second-order valence-corrected chi connectivity index (χ2v) is 7.01. The third kappa shape index (κ3) is 2.92. The molecule has 0 aliphatic carbocycles. The molecule has 0 bridgehead atoms. The van der Waals surface area contributed by atoms with Crippen LogP contribution < -0.4 is 4.90 Å². The van der Waals surface area contributed by atoms with E-state index in [-0.39, 0.29) is 5.92 Å². The number of nitrogens with zero attached hydrogens (tertiary/aromatic N) is 7. The predicted octanol–water partition coefficient (Wildman–Crippen LogP) is 0.994. The summed E-state index contributed by atoms with van der Waals surface area (Å²) in [6, 6.07) is 3.81. The largest absolute Gasteiger partial charge is 0.355 e. The van der Waals surface area contributed by atoms with Crippen molar-refractivity contribution in [2.45, 2.75) is 32.6 Å². The summed E-state index contributed by atoms with van der Waals surface area (Å²) in [5.41, 5.74) is 0.642. The van der Waals surface area contributed by atoms with Crippen molar-refractivity contribution in [2.75, 3.05) is 31.1 Å². The summed E-state index contributed by atoms with van der Waals surface area (Å²) in [7, 11) is 0. The highest BCUT2D eigenvalue weighted by Crippen LogP contribution is 2.25. The molecule has 2 aromatic rings. The number of hydrogen-bond acceptors (Lipinski definition) is 6. The molecule has 8 heteroatoms. The smallest absolute Gasteiger partial charge is 0.225 e. The standard InChI is InChI=1S/C16H23N7O/c1-12-3-2-8-22(11-12)16(24)13-6-9-21(10-7-13)15-5-4-14-17-19-20-23(14)18-15/h4-5,12-13H,2-3,6-11H2,1H3. The van der Waals surface area contributed by atoms with Crippen LogP contribution in [0.25, 0.3) is 5.65 Å². The van der Waals surface area contributed by atoms with Gasteiger partial charge in [-0.05, 0) is 54.2 Å². The number of anilines is 1. The molecule has 1 atom stereocenters. The average Bonchev–Trinajstić information content (AvgIpc) is 3.09. The normalized spacial score (nSPS) is 23.0. The summed E-state index contributed by atoms with van der Waals surface area (Å²) in [4.78, 5) is 17.0. The van der Waals surface area contributed by atoms with E-state index in [0.29, 0.717) is 17.5 Å². The molecule has 128 valence electrons. The number of carbonyl (C=O) groups is 1. The Kier molecular flexibility index (Phi) is 4.03. The van der Waals surface area contributed by atoms with Gasteiger partial charge in [-0.25, -0.2) is 0 Å². The Morgan fingerprint density at radius 2 is 2.00 bits per heavy atom. The lowest BCUT2D eigenvalue weighted by atomic mass is 9.93. The summed E-state index contributed by atoms with van der Waals surface area (Å²) >= 11 is 0. The van der Waals surface area contributed by atoms with Crippen LogP contribution in [0.1, 0.15) is 32.6 Å². The van der Waals surface area contributed by atoms with E-state index in [9.17, 15) is 4.79 Å². The molecular weight excluding hydrogens is 306 g/mol. The quantitative estimate of drug-likeness (QED) is 0.817. The van der Waals surface area contributed by atoms with Crippen molar-refractivity contribution in [3.8, 4) is 0 Å². The van der Waals surface area contributed by atoms with E-state index in [0.717, 1.165) is 51.3 Å². The van der Waals surface area contributed by atoms with Crippen molar-refractivity contribution in [3.05, 3.63) is 12.1 Å². The number of aromatic nitrogens is 5. The minimum Gasteiger partial charge on any atom is -0.355 e. The molecule has 0 radical (unpaired) electrons. The molecule has 1 unspecified atom stereocenters. The maximum atomic E-state index is 12.7. The van der Waals surface area contributed by atoms with Crippen LogP contribution in [-0.4, -0.2) is 62.2 Å². The van der Waals surface area contributed by atoms with Gasteiger partial charge in [-0.1, -0.05) is 6.92 Å². The SMILES string of the molecule is CC1CCCN(C(=O)C2CCN(c3ccc4nnnn4n3)CC2)C1. The molecule has 2 saturated heterocycles. The number of likely N-dealkylation sites (tertiary alicyclic amines) is 1. The lowest BCUT2D eigenvalue weighted by molar-refractivity contribution is -0.137. The molecular formula is C16H23N7O. The number of fused-ring (bicyclic) bond motifs is 1. The zero-order valence-corrected chi connectivity index (χ0v) is 14.0. The first-order valence-corrected chi connectivity index (χ1v) is 8.80. The van der Waals surface area contributed by atoms with Crippen molar-refractivity contribution < 1.29 is 4.79 Å². The van der Waals surface area contributed by atoms with E-state index in [1.165, 1.54) is 11.1 Å². The summed E-state index contributed by atoms with van der Waals surface area (Å²) in [5, 5.41) is 15.8. The minimum atomic E-state index is 0.156. The fraction of sp³-hybridized carbons (Fsp3) is 0.688. The van der Waals surface area contributed by atoms with Crippen molar-refractivity contribution in [1.29, 1.82) is 0 Å². The van der Waals surface area contributed by atoms with Crippen molar-refractivity contribution in [3.63, 3.8) is 0 Å². The molecule has 0 aromatic carbocycles. The first-order valence-electron chi connectivity index (χ1n) is 8.80. The summed E-state index contributed by atoms with van der Waals surface area (Å²) < 4.78 is 1.45. The number of amides is 1. The average molecular weight is 329 g/mol. The van der Waals surface area contributed by atoms with Gasteiger partial charge in [-0.15, -0.1) is 14.8 Å². The Morgan fingerprint density at radius 1 is 1.17 bits per heavy atom. The van der Waals surface area contributed by atoms with E-state index >= 15 is 0 Å². The molecule has 0 N–H and O–H groups in total. The third-order valence-electron chi connectivity index (χ3n) is 5.19. The van der Waals surface area contributed by atoms with Crippen LogP contribution >= 0.6 is 0 Å². The van der Waals surface area contributed by atoms with Crippen LogP contribution in [0.2, 0.25) is 0 Å². The van der Waals surface area contributed by atoms with Gasteiger partial charge in [0, 0.05) is 32.1 Å². The highest BCUT2D eigenvalue weighted by Gasteiger charge is 2.30. The van der Waals surface area contributed by atoms with Crippen LogP contribution in [0.3, 0.4) is 0 Å². The first kappa shape index (κ1) is 15.3. The van der Waals surface area contributed by atoms with Crippen LogP contribution in [0.5, 0.6) is 0 Å². The zero-order chi connectivity index (χ0) is 16.5. The van der Waals surface area contributed by atoms with Gasteiger partial charge >= 0.3 is 0 Å². The number of carbonyl (C=O) groups excluding carboxylic acids is 1. The van der Waals surface area contributed by atoms with Crippen molar-refractivity contribution in [2.24, 2.45) is 11.8 Å². The number of piperidine rings is 2. The van der Waals surface area contributed by atoms with Gasteiger partial charge in [0.25, 0.3) is 0 Å². The van der Waals surface area contributed by atoms with Crippen LogP contribution in [0.4, 0.5) is 5.82 Å². The molecule has 4 rings (SSSR count). The van der Waals surface area contributed by atoms with Crippen molar-refractivity contribution >= 4 is 17.4 Å². The van der Waals surface area contributed by atoms with Gasteiger partial charge in [-0.2, -0.15) is 0 Å². The summed E-state index contributed by atoms with van der Waals surface area (Å²) in [5.74, 6) is 2.01. The van der Waals surface area contributed by atoms with E-state index in [1.54, 1.807) is 0 Å².